The van der Waals surface area contributed by atoms with Gasteiger partial charge in [0.25, 0.3) is 0 Å². The number of nitrogens with zero attached hydrogens (tertiary/aromatic N) is 1. The van der Waals surface area contributed by atoms with Gasteiger partial charge < -0.3 is 10.1 Å². The molecule has 122 valence electrons. The molecule has 0 saturated heterocycles. The van der Waals surface area contributed by atoms with E-state index in [-0.39, 0.29) is 24.9 Å². The highest BCUT2D eigenvalue weighted by atomic mass is 19.4. The van der Waals surface area contributed by atoms with Gasteiger partial charge in [-0.2, -0.15) is 13.2 Å². The van der Waals surface area contributed by atoms with E-state index >= 15 is 0 Å². The van der Waals surface area contributed by atoms with Gasteiger partial charge in [0.1, 0.15) is 5.82 Å². The Kier molecular flexibility index (Phi) is 6.14. The summed E-state index contributed by atoms with van der Waals surface area (Å²) in [5.74, 6) is -0.718. The molecule has 6 nitrogen and oxygen atoms in total. The summed E-state index contributed by atoms with van der Waals surface area (Å²) in [6.45, 7) is 3.38. The number of amides is 2. The van der Waals surface area contributed by atoms with Gasteiger partial charge in [0.15, 0.2) is 0 Å². The molecule has 0 aliphatic rings. The Hall–Kier alpha value is -2.32. The average Bonchev–Trinajstić information content (AvgIpc) is 2.37. The quantitative estimate of drug-likeness (QED) is 0.817. The summed E-state index contributed by atoms with van der Waals surface area (Å²) >= 11 is 0. The van der Waals surface area contributed by atoms with Crippen LogP contribution >= 0.6 is 0 Å². The smallest absolute Gasteiger partial charge is 0.416 e. The summed E-state index contributed by atoms with van der Waals surface area (Å²) in [4.78, 5) is 26.3. The van der Waals surface area contributed by atoms with Gasteiger partial charge in [0, 0.05) is 12.7 Å². The summed E-state index contributed by atoms with van der Waals surface area (Å²) in [6, 6.07) is 0.751. The Labute approximate surface area is 125 Å². The maximum atomic E-state index is 12.5. The third-order valence-corrected chi connectivity index (χ3v) is 2.31. The van der Waals surface area contributed by atoms with Crippen LogP contribution < -0.4 is 10.6 Å². The van der Waals surface area contributed by atoms with Gasteiger partial charge in [-0.25, -0.2) is 9.78 Å². The molecule has 0 saturated carbocycles. The molecule has 0 aliphatic heterocycles. The molecule has 0 unspecified atom stereocenters. The molecular formula is C13H16F3N3O3. The van der Waals surface area contributed by atoms with E-state index in [0.29, 0.717) is 6.07 Å². The first-order chi connectivity index (χ1) is 10.2. The third kappa shape index (κ3) is 6.42. The maximum Gasteiger partial charge on any atom is 0.416 e. The summed E-state index contributed by atoms with van der Waals surface area (Å²) in [5.41, 5.74) is -0.918. The number of hydrogen-bond acceptors (Lipinski definition) is 4. The highest BCUT2D eigenvalue weighted by molar-refractivity contribution is 5.88. The summed E-state index contributed by atoms with van der Waals surface area (Å²) < 4.78 is 42.3. The van der Waals surface area contributed by atoms with Gasteiger partial charge in [0.2, 0.25) is 0 Å². The van der Waals surface area contributed by atoms with Crippen LogP contribution in [0, 0.1) is 0 Å². The lowest BCUT2D eigenvalue weighted by molar-refractivity contribution is -0.147. The first kappa shape index (κ1) is 17.7. The van der Waals surface area contributed by atoms with E-state index in [1.807, 2.05) is 0 Å². The number of ether oxygens (including phenoxy) is 1. The Bertz CT molecular complexity index is 533. The van der Waals surface area contributed by atoms with Crippen molar-refractivity contribution < 1.29 is 27.5 Å². The number of halogens is 3. The highest BCUT2D eigenvalue weighted by Crippen LogP contribution is 2.29. The van der Waals surface area contributed by atoms with Gasteiger partial charge >= 0.3 is 18.2 Å². The minimum absolute atomic E-state index is 0.00362. The number of nitrogens with one attached hydrogen (secondary N) is 2. The highest BCUT2D eigenvalue weighted by Gasteiger charge is 2.30. The Balaban J connectivity index is 2.44. The van der Waals surface area contributed by atoms with Crippen molar-refractivity contribution in [3.63, 3.8) is 0 Å². The molecule has 0 aromatic carbocycles. The van der Waals surface area contributed by atoms with E-state index in [1.165, 1.54) is 0 Å². The second kappa shape index (κ2) is 7.62. The van der Waals surface area contributed by atoms with Crippen LogP contribution in [0.25, 0.3) is 0 Å². The van der Waals surface area contributed by atoms with E-state index in [1.54, 1.807) is 13.8 Å². The maximum absolute atomic E-state index is 12.5. The van der Waals surface area contributed by atoms with E-state index in [4.69, 9.17) is 4.74 Å². The zero-order valence-corrected chi connectivity index (χ0v) is 12.0. The van der Waals surface area contributed by atoms with E-state index in [9.17, 15) is 22.8 Å². The normalized spacial score (nSPS) is 11.2. The van der Waals surface area contributed by atoms with Crippen LogP contribution in [0.1, 0.15) is 25.8 Å². The molecule has 1 rings (SSSR count). The lowest BCUT2D eigenvalue weighted by atomic mass is 10.2. The molecule has 1 aromatic heterocycles. The Morgan fingerprint density at radius 3 is 2.64 bits per heavy atom. The minimum Gasteiger partial charge on any atom is -0.463 e. The first-order valence-corrected chi connectivity index (χ1v) is 6.46. The van der Waals surface area contributed by atoms with Crippen molar-refractivity contribution >= 4 is 17.8 Å². The number of esters is 1. The molecular weight excluding hydrogens is 303 g/mol. The number of carbonyl (C=O) groups excluding carboxylic acids is 2. The van der Waals surface area contributed by atoms with Crippen molar-refractivity contribution in [2.24, 2.45) is 0 Å². The van der Waals surface area contributed by atoms with Crippen LogP contribution in [-0.2, 0) is 15.7 Å². The van der Waals surface area contributed by atoms with E-state index in [2.05, 4.69) is 15.6 Å². The van der Waals surface area contributed by atoms with Crippen molar-refractivity contribution in [2.75, 3.05) is 11.9 Å². The monoisotopic (exact) mass is 319 g/mol. The van der Waals surface area contributed by atoms with Crippen LogP contribution in [-0.4, -0.2) is 29.6 Å². The topological polar surface area (TPSA) is 80.3 Å². The minimum atomic E-state index is -4.52. The lowest BCUT2D eigenvalue weighted by Gasteiger charge is -2.10. The van der Waals surface area contributed by atoms with Gasteiger partial charge in [-0.05, 0) is 26.0 Å². The number of hydrogen-bond donors (Lipinski definition) is 2. The predicted molar refractivity (Wildman–Crippen MR) is 72.1 cm³/mol. The third-order valence-electron chi connectivity index (χ3n) is 2.31. The molecule has 0 aliphatic carbocycles. The molecule has 1 heterocycles. The van der Waals surface area contributed by atoms with Crippen molar-refractivity contribution in [1.82, 2.24) is 10.3 Å². The Morgan fingerprint density at radius 1 is 1.36 bits per heavy atom. The number of rotatable bonds is 5. The summed E-state index contributed by atoms with van der Waals surface area (Å²) in [6.07, 6.45) is -3.87. The molecule has 0 fully saturated rings. The van der Waals surface area contributed by atoms with Crippen molar-refractivity contribution in [1.29, 1.82) is 0 Å². The molecule has 2 N–H and O–H groups in total. The van der Waals surface area contributed by atoms with Crippen LogP contribution in [0.15, 0.2) is 18.3 Å². The SMILES string of the molecule is CC(C)OC(=O)CCNC(=O)Nc1cc(C(F)(F)F)ccn1. The molecule has 22 heavy (non-hydrogen) atoms. The van der Waals surface area contributed by atoms with Crippen LogP contribution in [0.2, 0.25) is 0 Å². The van der Waals surface area contributed by atoms with Crippen LogP contribution in [0.3, 0.4) is 0 Å². The van der Waals surface area contributed by atoms with Gasteiger partial charge in [0.05, 0.1) is 18.1 Å². The zero-order valence-electron chi connectivity index (χ0n) is 12.0. The molecule has 0 radical (unpaired) electrons. The number of carbonyl (C=O) groups is 2. The summed E-state index contributed by atoms with van der Waals surface area (Å²) in [7, 11) is 0. The lowest BCUT2D eigenvalue weighted by Crippen LogP contribution is -2.31. The predicted octanol–water partition coefficient (Wildman–Crippen LogP) is 2.56. The van der Waals surface area contributed by atoms with E-state index < -0.39 is 23.7 Å². The van der Waals surface area contributed by atoms with Gasteiger partial charge in [-0.1, -0.05) is 0 Å². The molecule has 0 atom stereocenters. The number of urea groups is 1. The molecule has 0 bridgehead atoms. The van der Waals surface area contributed by atoms with Gasteiger partial charge in [-0.15, -0.1) is 0 Å². The number of aromatic nitrogens is 1. The average molecular weight is 319 g/mol. The zero-order chi connectivity index (χ0) is 16.8. The summed E-state index contributed by atoms with van der Waals surface area (Å²) in [5, 5.41) is 4.48. The number of anilines is 1. The number of alkyl halides is 3. The molecule has 9 heteroatoms. The molecule has 1 aromatic rings. The fourth-order valence-corrected chi connectivity index (χ4v) is 1.44. The standard InChI is InChI=1S/C13H16F3N3O3/c1-8(2)22-11(20)4-6-18-12(21)19-10-7-9(3-5-17-10)13(14,15)16/h3,5,7-8H,4,6H2,1-2H3,(H2,17,18,19,21). The fourth-order valence-electron chi connectivity index (χ4n) is 1.44. The van der Waals surface area contributed by atoms with Crippen molar-refractivity contribution in [3.8, 4) is 0 Å². The van der Waals surface area contributed by atoms with E-state index in [0.717, 1.165) is 12.3 Å². The van der Waals surface area contributed by atoms with Crippen LogP contribution in [0.4, 0.5) is 23.8 Å². The second-order valence-electron chi connectivity index (χ2n) is 4.60. The van der Waals surface area contributed by atoms with Crippen molar-refractivity contribution in [2.45, 2.75) is 32.5 Å². The molecule has 2 amide bonds. The number of pyridine rings is 1. The first-order valence-electron chi connectivity index (χ1n) is 6.46. The van der Waals surface area contributed by atoms with Gasteiger partial charge in [-0.3, -0.25) is 10.1 Å². The second-order valence-corrected chi connectivity index (χ2v) is 4.60. The van der Waals surface area contributed by atoms with Crippen LogP contribution in [0.5, 0.6) is 0 Å². The van der Waals surface area contributed by atoms with Crippen molar-refractivity contribution in [3.05, 3.63) is 23.9 Å². The molecule has 0 spiro atoms. The largest absolute Gasteiger partial charge is 0.463 e. The fraction of sp³-hybridized carbons (Fsp3) is 0.462. The Morgan fingerprint density at radius 2 is 2.05 bits per heavy atom.